The van der Waals surface area contributed by atoms with E-state index in [2.05, 4.69) is 80.4 Å². The van der Waals surface area contributed by atoms with E-state index in [1.807, 2.05) is 4.31 Å². The van der Waals surface area contributed by atoms with Crippen LogP contribution in [0, 0.1) is 17.8 Å². The topological polar surface area (TPSA) is 76.1 Å². The van der Waals surface area contributed by atoms with E-state index in [4.69, 9.17) is 9.47 Å². The van der Waals surface area contributed by atoms with Crippen LogP contribution in [0.4, 0.5) is 0 Å². The van der Waals surface area contributed by atoms with Crippen LogP contribution in [0.15, 0.2) is 12.2 Å². The van der Waals surface area contributed by atoms with E-state index in [9.17, 15) is 14.7 Å². The van der Waals surface area contributed by atoms with Crippen molar-refractivity contribution in [2.24, 2.45) is 17.8 Å². The molecule has 0 aromatic heterocycles. The highest BCUT2D eigenvalue weighted by atomic mass is 32.1. The lowest BCUT2D eigenvalue weighted by molar-refractivity contribution is -0.155. The van der Waals surface area contributed by atoms with E-state index in [-0.39, 0.29) is 30.0 Å². The summed E-state index contributed by atoms with van der Waals surface area (Å²) in [5, 5.41) is 9.50. The van der Waals surface area contributed by atoms with Gasteiger partial charge >= 0.3 is 5.97 Å². The third kappa shape index (κ3) is 30.2. The summed E-state index contributed by atoms with van der Waals surface area (Å²) >= 11 is 4.29. The highest BCUT2D eigenvalue weighted by Crippen LogP contribution is 2.39. The summed E-state index contributed by atoms with van der Waals surface area (Å²) < 4.78 is 12.6. The fraction of sp³-hybridized carbons (Fsp3) is 0.895. The van der Waals surface area contributed by atoms with Crippen molar-refractivity contribution in [1.29, 1.82) is 0 Å². The Balaban J connectivity index is -0.000000656. The average Bonchev–Trinajstić information content (AvgIpc) is 3.61. The third-order valence-electron chi connectivity index (χ3n) is 7.43. The summed E-state index contributed by atoms with van der Waals surface area (Å²) in [5.74, 6) is 0.499. The second-order valence-electron chi connectivity index (χ2n) is 12.5. The van der Waals surface area contributed by atoms with E-state index in [1.54, 1.807) is 7.11 Å². The van der Waals surface area contributed by atoms with Crippen LogP contribution in [-0.4, -0.2) is 60.7 Å². The van der Waals surface area contributed by atoms with Gasteiger partial charge in [0.2, 0.25) is 0 Å². The van der Waals surface area contributed by atoms with Crippen molar-refractivity contribution < 1.29 is 24.2 Å². The first-order chi connectivity index (χ1) is 21.7. The van der Waals surface area contributed by atoms with E-state index < -0.39 is 0 Å². The molecule has 2 aliphatic rings. The Morgan fingerprint density at radius 1 is 0.867 bits per heavy atom. The van der Waals surface area contributed by atoms with Crippen molar-refractivity contribution in [1.82, 2.24) is 4.31 Å². The Morgan fingerprint density at radius 2 is 1.47 bits per heavy atom. The molecule has 1 heterocycles. The number of allylic oxidation sites excluding steroid dienone is 2. The van der Waals surface area contributed by atoms with Crippen molar-refractivity contribution in [2.45, 2.75) is 177 Å². The molecule has 0 bridgehead atoms. The lowest BCUT2D eigenvalue weighted by atomic mass is 9.89. The Labute approximate surface area is 286 Å². The maximum atomic E-state index is 12.3. The first-order valence-electron chi connectivity index (χ1n) is 18.6. The summed E-state index contributed by atoms with van der Waals surface area (Å²) in [4.78, 5) is 23.2. The third-order valence-corrected chi connectivity index (χ3v) is 7.79. The Kier molecular flexibility index (Phi) is 40.5. The van der Waals surface area contributed by atoms with Crippen molar-refractivity contribution >= 4 is 25.1 Å². The molecule has 5 unspecified atom stereocenters. The van der Waals surface area contributed by atoms with Gasteiger partial charge in [0.25, 0.3) is 0 Å². The Bertz CT molecular complexity index is 643. The number of hydrogen-bond donors (Lipinski definition) is 2. The van der Waals surface area contributed by atoms with Crippen molar-refractivity contribution in [3.63, 3.8) is 0 Å². The van der Waals surface area contributed by atoms with Crippen LogP contribution < -0.4 is 0 Å². The highest BCUT2D eigenvalue weighted by Gasteiger charge is 2.39. The van der Waals surface area contributed by atoms with Gasteiger partial charge in [0.15, 0.2) is 0 Å². The van der Waals surface area contributed by atoms with Crippen molar-refractivity contribution in [3.8, 4) is 0 Å². The molecule has 270 valence electrons. The zero-order chi connectivity index (χ0) is 34.7. The number of rotatable bonds is 17. The SMILES string of the molecule is CC/C=C\CC1C(CC=O)CCC1OC(=O)C1CCN(S)C1.CCC.CCC.CCC.CCCCCCCCC(O)CCOC. The fourth-order valence-corrected chi connectivity index (χ4v) is 5.49. The fourth-order valence-electron chi connectivity index (χ4n) is 5.18. The summed E-state index contributed by atoms with van der Waals surface area (Å²) in [5.41, 5.74) is 0. The van der Waals surface area contributed by atoms with Crippen LogP contribution in [0.2, 0.25) is 0 Å². The Morgan fingerprint density at radius 3 is 1.98 bits per heavy atom. The quantitative estimate of drug-likeness (QED) is 0.0532. The first kappa shape index (κ1) is 48.5. The number of carbonyl (C=O) groups is 2. The van der Waals surface area contributed by atoms with Crippen LogP contribution in [0.25, 0.3) is 0 Å². The molecule has 1 saturated carbocycles. The van der Waals surface area contributed by atoms with E-state index in [0.29, 0.717) is 25.5 Å². The van der Waals surface area contributed by atoms with Crippen LogP contribution >= 0.6 is 12.8 Å². The molecule has 1 saturated heterocycles. The maximum absolute atomic E-state index is 12.3. The lowest BCUT2D eigenvalue weighted by Gasteiger charge is -2.24. The number of carbonyl (C=O) groups excluding carboxylic acids is 2. The summed E-state index contributed by atoms with van der Waals surface area (Å²) in [7, 11) is 1.68. The molecule has 0 spiro atoms. The molecule has 1 aliphatic carbocycles. The number of methoxy groups -OCH3 is 1. The summed E-state index contributed by atoms with van der Waals surface area (Å²) in [6.45, 7) is 19.3. The molecule has 2 rings (SSSR count). The predicted molar refractivity (Wildman–Crippen MR) is 198 cm³/mol. The molecule has 6 nitrogen and oxygen atoms in total. The number of aldehydes is 1. The predicted octanol–water partition coefficient (Wildman–Crippen LogP) is 10.4. The van der Waals surface area contributed by atoms with Crippen molar-refractivity contribution in [3.05, 3.63) is 12.2 Å². The number of unbranched alkanes of at least 4 members (excludes halogenated alkanes) is 5. The maximum Gasteiger partial charge on any atom is 0.310 e. The smallest absolute Gasteiger partial charge is 0.310 e. The number of aliphatic hydroxyl groups excluding tert-OH is 1. The molecule has 0 amide bonds. The molecule has 2 fully saturated rings. The molecule has 7 heteroatoms. The van der Waals surface area contributed by atoms with E-state index in [0.717, 1.165) is 64.2 Å². The molecule has 0 aromatic rings. The van der Waals surface area contributed by atoms with Gasteiger partial charge in [0, 0.05) is 39.1 Å². The standard InChI is InChI=1S/C17H27NO3S.C12H26O2.3C3H8/c1-2-3-4-5-15-13(9-11-19)6-7-16(15)21-17(20)14-8-10-18(22)12-14;1-3-4-5-6-7-8-9-12(13)10-11-14-2;3*1-3-2/h3-4,11,13-16,22H,2,5-10,12H2,1H3;12-13H,3-11H2,1-2H3;3*3H2,1-2H3/b4-3-;;;;. The Hall–Kier alpha value is -0.890. The monoisotopic (exact) mass is 660 g/mol. The second-order valence-corrected chi connectivity index (χ2v) is 13.1. The van der Waals surface area contributed by atoms with Gasteiger partial charge in [-0.05, 0) is 50.9 Å². The van der Waals surface area contributed by atoms with Crippen LogP contribution in [0.5, 0.6) is 0 Å². The van der Waals surface area contributed by atoms with Crippen LogP contribution in [0.1, 0.15) is 165 Å². The van der Waals surface area contributed by atoms with Gasteiger partial charge in [-0.25, -0.2) is 0 Å². The highest BCUT2D eigenvalue weighted by molar-refractivity contribution is 7.77. The number of aliphatic hydroxyl groups is 1. The minimum atomic E-state index is -0.152. The molecule has 5 atom stereocenters. The van der Waals surface area contributed by atoms with Crippen LogP contribution in [0.3, 0.4) is 0 Å². The van der Waals surface area contributed by atoms with Gasteiger partial charge in [-0.3, -0.25) is 9.10 Å². The van der Waals surface area contributed by atoms with Gasteiger partial charge in [-0.2, -0.15) is 0 Å². The molecular weight excluding hydrogens is 582 g/mol. The van der Waals surface area contributed by atoms with Gasteiger partial charge in [0.1, 0.15) is 12.4 Å². The minimum absolute atomic E-state index is 0.0343. The minimum Gasteiger partial charge on any atom is -0.462 e. The normalized spacial score (nSPS) is 21.2. The summed E-state index contributed by atoms with van der Waals surface area (Å²) in [6, 6.07) is 0. The van der Waals surface area contributed by atoms with E-state index >= 15 is 0 Å². The second kappa shape index (κ2) is 37.6. The average molecular weight is 660 g/mol. The van der Waals surface area contributed by atoms with Gasteiger partial charge in [-0.1, -0.05) is 138 Å². The van der Waals surface area contributed by atoms with Gasteiger partial charge in [-0.15, -0.1) is 0 Å². The molecule has 45 heavy (non-hydrogen) atoms. The molecule has 0 radical (unpaired) electrons. The number of hydrogen-bond acceptors (Lipinski definition) is 7. The zero-order valence-corrected chi connectivity index (χ0v) is 32.1. The van der Waals surface area contributed by atoms with Crippen LogP contribution in [-0.2, 0) is 19.1 Å². The van der Waals surface area contributed by atoms with Crippen molar-refractivity contribution in [2.75, 3.05) is 26.8 Å². The van der Waals surface area contributed by atoms with Gasteiger partial charge < -0.3 is 19.4 Å². The van der Waals surface area contributed by atoms with E-state index in [1.165, 1.54) is 51.4 Å². The molecule has 0 aromatic carbocycles. The van der Waals surface area contributed by atoms with Gasteiger partial charge in [0.05, 0.1) is 12.0 Å². The number of nitrogens with zero attached hydrogens (tertiary/aromatic N) is 1. The molecule has 1 aliphatic heterocycles. The lowest BCUT2D eigenvalue weighted by Crippen LogP contribution is -2.29. The summed E-state index contributed by atoms with van der Waals surface area (Å²) in [6.07, 6.45) is 23.5. The molecule has 1 N–H and O–H groups in total. The number of esters is 1. The molecular formula is C38H77NO5S. The number of thiol groups is 1. The first-order valence-corrected chi connectivity index (χ1v) is 19.0. The number of ether oxygens (including phenoxy) is 2. The zero-order valence-electron chi connectivity index (χ0n) is 31.2. The largest absolute Gasteiger partial charge is 0.462 e.